The first kappa shape index (κ1) is 18.6. The number of fused-ring (bicyclic) bond motifs is 1. The molecule has 1 saturated heterocycles. The number of likely N-dealkylation sites (tertiary alicyclic amines) is 1. The molecular weight excluding hydrogens is 362 g/mol. The fraction of sp³-hybridized carbons (Fsp3) is 0.522. The van der Waals surface area contributed by atoms with E-state index in [-0.39, 0.29) is 5.41 Å². The minimum atomic E-state index is 0.0269. The molecule has 1 aliphatic heterocycles. The molecular formula is C23H29N5O. The van der Waals surface area contributed by atoms with E-state index in [9.17, 15) is 0 Å². The highest BCUT2D eigenvalue weighted by Gasteiger charge is 2.53. The van der Waals surface area contributed by atoms with Crippen molar-refractivity contribution in [2.24, 2.45) is 5.92 Å². The van der Waals surface area contributed by atoms with Crippen LogP contribution < -0.4 is 0 Å². The lowest BCUT2D eigenvalue weighted by atomic mass is 9.80. The molecule has 0 radical (unpaired) electrons. The molecule has 6 nitrogen and oxygen atoms in total. The third-order valence-electron chi connectivity index (χ3n) is 7.05. The molecule has 1 aliphatic carbocycles. The summed E-state index contributed by atoms with van der Waals surface area (Å²) in [6.45, 7) is 10.5. The minimum Gasteiger partial charge on any atom is -0.334 e. The molecule has 2 aromatic heterocycles. The average Bonchev–Trinajstić information content (AvgIpc) is 3.48. The molecule has 29 heavy (non-hydrogen) atoms. The Kier molecular flexibility index (Phi) is 4.54. The van der Waals surface area contributed by atoms with Crippen molar-refractivity contribution in [2.45, 2.75) is 58.5 Å². The lowest BCUT2D eigenvalue weighted by Crippen LogP contribution is -2.33. The Labute approximate surface area is 171 Å². The van der Waals surface area contributed by atoms with Gasteiger partial charge in [0.15, 0.2) is 5.82 Å². The molecule has 2 aliphatic rings. The zero-order chi connectivity index (χ0) is 20.0. The van der Waals surface area contributed by atoms with Crippen LogP contribution in [0.3, 0.4) is 0 Å². The standard InChI is InChI=1S/C23H29N5O/c1-4-28-17(3)20(16(2)25-28)14-27-13-19-11-8-12-23(19,15-27)22-24-21(29-26-22)18-9-6-5-7-10-18/h5-7,9-10,19H,4,8,11-15H2,1-3H3/t19-,23-/m1/s1. The van der Waals surface area contributed by atoms with Crippen LogP contribution in [0.2, 0.25) is 0 Å². The molecule has 1 saturated carbocycles. The Hall–Kier alpha value is -2.47. The number of benzene rings is 1. The summed E-state index contributed by atoms with van der Waals surface area (Å²) in [5, 5.41) is 9.18. The third kappa shape index (κ3) is 3.01. The molecule has 0 spiro atoms. The molecule has 152 valence electrons. The van der Waals surface area contributed by atoms with E-state index < -0.39 is 0 Å². The van der Waals surface area contributed by atoms with E-state index in [4.69, 9.17) is 14.6 Å². The minimum absolute atomic E-state index is 0.0269. The number of hydrogen-bond donors (Lipinski definition) is 0. The van der Waals surface area contributed by atoms with Crippen LogP contribution in [0.4, 0.5) is 0 Å². The van der Waals surface area contributed by atoms with Crippen LogP contribution in [0, 0.1) is 19.8 Å². The van der Waals surface area contributed by atoms with E-state index in [0.29, 0.717) is 11.8 Å². The fourth-order valence-corrected chi connectivity index (χ4v) is 5.50. The molecule has 5 rings (SSSR count). The molecule has 3 aromatic rings. The van der Waals surface area contributed by atoms with Crippen molar-refractivity contribution >= 4 is 0 Å². The first-order chi connectivity index (χ1) is 14.1. The normalized spacial score (nSPS) is 24.3. The van der Waals surface area contributed by atoms with Gasteiger partial charge in [0.2, 0.25) is 0 Å². The van der Waals surface area contributed by atoms with Crippen LogP contribution in [0.15, 0.2) is 34.9 Å². The quantitative estimate of drug-likeness (QED) is 0.655. The van der Waals surface area contributed by atoms with Gasteiger partial charge in [0.1, 0.15) is 0 Å². The lowest BCUT2D eigenvalue weighted by molar-refractivity contribution is 0.285. The van der Waals surface area contributed by atoms with Crippen molar-refractivity contribution in [1.29, 1.82) is 0 Å². The first-order valence-corrected chi connectivity index (χ1v) is 10.8. The van der Waals surface area contributed by atoms with Gasteiger partial charge in [-0.2, -0.15) is 10.1 Å². The van der Waals surface area contributed by atoms with Gasteiger partial charge in [-0.3, -0.25) is 9.58 Å². The van der Waals surface area contributed by atoms with E-state index >= 15 is 0 Å². The highest BCUT2D eigenvalue weighted by molar-refractivity contribution is 5.52. The van der Waals surface area contributed by atoms with Gasteiger partial charge in [-0.15, -0.1) is 0 Å². The van der Waals surface area contributed by atoms with Crippen LogP contribution >= 0.6 is 0 Å². The summed E-state index contributed by atoms with van der Waals surface area (Å²) in [4.78, 5) is 7.45. The molecule has 1 aromatic carbocycles. The summed E-state index contributed by atoms with van der Waals surface area (Å²) in [6, 6.07) is 10.1. The second kappa shape index (κ2) is 7.10. The maximum Gasteiger partial charge on any atom is 0.257 e. The van der Waals surface area contributed by atoms with Crippen molar-refractivity contribution in [2.75, 3.05) is 13.1 Å². The predicted octanol–water partition coefficient (Wildman–Crippen LogP) is 4.12. The van der Waals surface area contributed by atoms with Gasteiger partial charge in [-0.05, 0) is 51.7 Å². The number of hydrogen-bond acceptors (Lipinski definition) is 5. The number of aromatic nitrogens is 4. The second-order valence-electron chi connectivity index (χ2n) is 8.67. The number of rotatable bonds is 5. The summed E-state index contributed by atoms with van der Waals surface area (Å²) in [6.07, 6.45) is 3.64. The summed E-state index contributed by atoms with van der Waals surface area (Å²) >= 11 is 0. The molecule has 6 heteroatoms. The smallest absolute Gasteiger partial charge is 0.257 e. The molecule has 0 unspecified atom stereocenters. The van der Waals surface area contributed by atoms with Crippen molar-refractivity contribution < 1.29 is 4.52 Å². The van der Waals surface area contributed by atoms with E-state index in [1.54, 1.807) is 0 Å². The van der Waals surface area contributed by atoms with Gasteiger partial charge in [0, 0.05) is 43.0 Å². The average molecular weight is 392 g/mol. The van der Waals surface area contributed by atoms with Crippen LogP contribution in [0.5, 0.6) is 0 Å². The van der Waals surface area contributed by atoms with Gasteiger partial charge < -0.3 is 4.52 Å². The molecule has 3 heterocycles. The summed E-state index contributed by atoms with van der Waals surface area (Å²) in [7, 11) is 0. The molecule has 0 N–H and O–H groups in total. The van der Waals surface area contributed by atoms with E-state index in [2.05, 4.69) is 35.5 Å². The Balaban J connectivity index is 1.41. The Morgan fingerprint density at radius 3 is 2.79 bits per heavy atom. The molecule has 0 bridgehead atoms. The first-order valence-electron chi connectivity index (χ1n) is 10.8. The monoisotopic (exact) mass is 391 g/mol. The van der Waals surface area contributed by atoms with E-state index in [1.165, 1.54) is 24.1 Å². The van der Waals surface area contributed by atoms with Gasteiger partial charge >= 0.3 is 0 Å². The highest BCUT2D eigenvalue weighted by atomic mass is 16.5. The van der Waals surface area contributed by atoms with Crippen LogP contribution in [0.25, 0.3) is 11.5 Å². The lowest BCUT2D eigenvalue weighted by Gasteiger charge is -2.25. The Morgan fingerprint density at radius 2 is 2.03 bits per heavy atom. The van der Waals surface area contributed by atoms with E-state index in [1.807, 2.05) is 30.3 Å². The van der Waals surface area contributed by atoms with Crippen molar-refractivity contribution in [3.8, 4) is 11.5 Å². The number of nitrogens with zero attached hydrogens (tertiary/aromatic N) is 5. The van der Waals surface area contributed by atoms with Crippen LogP contribution in [-0.2, 0) is 18.5 Å². The predicted molar refractivity (Wildman–Crippen MR) is 111 cm³/mol. The number of aryl methyl sites for hydroxylation is 2. The van der Waals surface area contributed by atoms with Crippen molar-refractivity contribution in [1.82, 2.24) is 24.8 Å². The maximum absolute atomic E-state index is 5.68. The van der Waals surface area contributed by atoms with Crippen molar-refractivity contribution in [3.63, 3.8) is 0 Å². The van der Waals surface area contributed by atoms with Gasteiger partial charge in [-0.1, -0.05) is 29.8 Å². The molecule has 2 atom stereocenters. The highest BCUT2D eigenvalue weighted by Crippen LogP contribution is 2.50. The summed E-state index contributed by atoms with van der Waals surface area (Å²) in [5.41, 5.74) is 4.84. The van der Waals surface area contributed by atoms with Crippen LogP contribution in [0.1, 0.15) is 49.0 Å². The molecule has 0 amide bonds. The summed E-state index contributed by atoms with van der Waals surface area (Å²) < 4.78 is 7.80. The van der Waals surface area contributed by atoms with Gasteiger partial charge in [-0.25, -0.2) is 0 Å². The van der Waals surface area contributed by atoms with Gasteiger partial charge in [0.05, 0.1) is 11.1 Å². The zero-order valence-corrected chi connectivity index (χ0v) is 17.6. The van der Waals surface area contributed by atoms with E-state index in [0.717, 1.165) is 49.7 Å². The largest absolute Gasteiger partial charge is 0.334 e. The van der Waals surface area contributed by atoms with Gasteiger partial charge in [0.25, 0.3) is 5.89 Å². The third-order valence-corrected chi connectivity index (χ3v) is 7.05. The summed E-state index contributed by atoms with van der Waals surface area (Å²) in [5.74, 6) is 2.14. The van der Waals surface area contributed by atoms with Crippen LogP contribution in [-0.4, -0.2) is 37.9 Å². The Morgan fingerprint density at radius 1 is 1.21 bits per heavy atom. The van der Waals surface area contributed by atoms with Crippen molar-refractivity contribution in [3.05, 3.63) is 53.1 Å². The molecule has 2 fully saturated rings. The zero-order valence-electron chi connectivity index (χ0n) is 17.6. The maximum atomic E-state index is 5.68. The SMILES string of the molecule is CCn1nc(C)c(CN2C[C@H]3CCC[C@@]3(c3noc(-c4ccccc4)n3)C2)c1C. The second-order valence-corrected chi connectivity index (χ2v) is 8.67. The fourth-order valence-electron chi connectivity index (χ4n) is 5.50. The Bertz CT molecular complexity index is 1010. The topological polar surface area (TPSA) is 60.0 Å².